The molecule has 0 amide bonds. The van der Waals surface area contributed by atoms with Crippen LogP contribution in [0.3, 0.4) is 0 Å². The lowest BCUT2D eigenvalue weighted by Gasteiger charge is -2.31. The number of nitrogens with two attached hydrogens (primary N) is 2. The van der Waals surface area contributed by atoms with Crippen LogP contribution in [0.5, 0.6) is 0 Å². The number of fused-ring (bicyclic) bond motifs is 6. The zero-order valence-electron chi connectivity index (χ0n) is 21.8. The van der Waals surface area contributed by atoms with Crippen molar-refractivity contribution in [1.82, 2.24) is 39.0 Å². The van der Waals surface area contributed by atoms with Gasteiger partial charge in [-0.2, -0.15) is 0 Å². The zero-order chi connectivity index (χ0) is 31.0. The molecule has 7 heterocycles. The Morgan fingerprint density at radius 3 is 1.55 bits per heavy atom. The van der Waals surface area contributed by atoms with Crippen molar-refractivity contribution in [3.8, 4) is 0 Å². The number of halogens is 2. The van der Waals surface area contributed by atoms with E-state index in [9.17, 15) is 18.9 Å². The van der Waals surface area contributed by atoms with Crippen LogP contribution in [0.25, 0.3) is 22.3 Å². The van der Waals surface area contributed by atoms with Gasteiger partial charge in [0.05, 0.1) is 25.9 Å². The summed E-state index contributed by atoms with van der Waals surface area (Å²) in [6, 6.07) is 0. The first kappa shape index (κ1) is 29.4. The summed E-state index contributed by atoms with van der Waals surface area (Å²) in [7, 11) is -10.9. The molecule has 3 aliphatic heterocycles. The smallest absolute Gasteiger partial charge is 0.268 e. The first-order valence-electron chi connectivity index (χ1n) is 12.7. The van der Waals surface area contributed by atoms with Crippen molar-refractivity contribution in [2.45, 2.75) is 49.2 Å². The van der Waals surface area contributed by atoms with Crippen molar-refractivity contribution in [2.75, 3.05) is 24.7 Å². The van der Waals surface area contributed by atoms with Crippen LogP contribution in [-0.4, -0.2) is 89.0 Å². The van der Waals surface area contributed by atoms with Crippen LogP contribution in [-0.2, 0) is 36.7 Å². The van der Waals surface area contributed by atoms with E-state index in [0.29, 0.717) is 0 Å². The summed E-state index contributed by atoms with van der Waals surface area (Å²) >= 11 is 0. The van der Waals surface area contributed by atoms with Crippen molar-refractivity contribution in [3.63, 3.8) is 0 Å². The molecular weight excluding hydrogens is 640 g/mol. The molecule has 4 aromatic heterocycles. The SMILES string of the molecule is Nc1ncnc2c1ncn2C1O[C@@H]2COP(=O)([O-])O[C@@H]3[C@H](F)[C@@H](COP(=O)([O-])O[C@@H]1[C@@H]2F)O[C@H]3n1cnc2c(N)ncnc21. The molecular formula is C20H20F2N10O10P2-2. The maximum atomic E-state index is 15.7. The minimum absolute atomic E-state index is 0.0262. The summed E-state index contributed by atoms with van der Waals surface area (Å²) in [6.07, 6.45) is -10.8. The third kappa shape index (κ3) is 5.02. The number of hydrogen-bond acceptors (Lipinski definition) is 18. The largest absolute Gasteiger partial charge is 0.756 e. The van der Waals surface area contributed by atoms with E-state index in [2.05, 4.69) is 29.9 Å². The fraction of sp³-hybridized carbons (Fsp3) is 0.500. The maximum Gasteiger partial charge on any atom is 0.268 e. The Morgan fingerprint density at radius 2 is 1.14 bits per heavy atom. The predicted molar refractivity (Wildman–Crippen MR) is 134 cm³/mol. The van der Waals surface area contributed by atoms with Gasteiger partial charge in [0.25, 0.3) is 15.6 Å². The second kappa shape index (κ2) is 10.7. The Balaban J connectivity index is 1.22. The third-order valence-corrected chi connectivity index (χ3v) is 9.08. The molecule has 4 bridgehead atoms. The molecule has 4 N–H and O–H groups in total. The molecule has 0 spiro atoms. The number of phosphoric ester groups is 2. The number of imidazole rings is 2. The van der Waals surface area contributed by atoms with Gasteiger partial charge in [-0.05, 0) is 0 Å². The van der Waals surface area contributed by atoms with Crippen molar-refractivity contribution >= 4 is 49.6 Å². The van der Waals surface area contributed by atoms with E-state index < -0.39 is 78.1 Å². The van der Waals surface area contributed by atoms with Gasteiger partial charge in [0, 0.05) is 0 Å². The quantitative estimate of drug-likeness (QED) is 0.245. The van der Waals surface area contributed by atoms with Gasteiger partial charge in [-0.25, -0.2) is 38.7 Å². The Kier molecular flexibility index (Phi) is 7.12. The molecule has 20 nitrogen and oxygen atoms in total. The van der Waals surface area contributed by atoms with Gasteiger partial charge < -0.3 is 48.8 Å². The van der Waals surface area contributed by atoms with Gasteiger partial charge in [-0.1, -0.05) is 0 Å². The maximum absolute atomic E-state index is 15.7. The van der Waals surface area contributed by atoms with Crippen LogP contribution in [0.2, 0.25) is 0 Å². The molecule has 7 rings (SSSR count). The Bertz CT molecular complexity index is 1700. The molecule has 3 unspecified atom stereocenters. The lowest BCUT2D eigenvalue weighted by molar-refractivity contribution is -0.237. The highest BCUT2D eigenvalue weighted by atomic mass is 31.2. The van der Waals surface area contributed by atoms with E-state index in [1.54, 1.807) is 0 Å². The highest BCUT2D eigenvalue weighted by Gasteiger charge is 2.53. The van der Waals surface area contributed by atoms with Gasteiger partial charge in [-0.15, -0.1) is 0 Å². The highest BCUT2D eigenvalue weighted by molar-refractivity contribution is 7.46. The third-order valence-electron chi connectivity index (χ3n) is 7.15. The van der Waals surface area contributed by atoms with Crippen LogP contribution in [0.1, 0.15) is 12.5 Å². The fourth-order valence-electron chi connectivity index (χ4n) is 5.13. The van der Waals surface area contributed by atoms with Gasteiger partial charge in [0.2, 0.25) is 0 Å². The minimum Gasteiger partial charge on any atom is -0.756 e. The number of nitrogens with zero attached hydrogens (tertiary/aromatic N) is 8. The van der Waals surface area contributed by atoms with Gasteiger partial charge >= 0.3 is 0 Å². The predicted octanol–water partition coefficient (Wildman–Crippen LogP) is -0.944. The molecule has 3 fully saturated rings. The molecule has 24 heteroatoms. The van der Waals surface area contributed by atoms with Gasteiger partial charge in [0.15, 0.2) is 47.7 Å². The molecule has 44 heavy (non-hydrogen) atoms. The summed E-state index contributed by atoms with van der Waals surface area (Å²) in [5, 5.41) is 0. The average molecular weight is 660 g/mol. The molecule has 0 radical (unpaired) electrons. The van der Waals surface area contributed by atoms with E-state index in [4.69, 9.17) is 39.0 Å². The molecule has 3 aliphatic rings. The second-order valence-electron chi connectivity index (χ2n) is 9.81. The Hall–Kier alpha value is -3.30. The van der Waals surface area contributed by atoms with Gasteiger partial charge in [-0.3, -0.25) is 18.3 Å². The molecule has 0 aliphatic carbocycles. The highest BCUT2D eigenvalue weighted by Crippen LogP contribution is 2.51. The summed E-state index contributed by atoms with van der Waals surface area (Å²) in [5.41, 5.74) is 11.8. The average Bonchev–Trinajstić information content (AvgIpc) is 3.73. The number of alkyl halides is 2. The molecule has 3 saturated heterocycles. The molecule has 236 valence electrons. The number of rotatable bonds is 2. The van der Waals surface area contributed by atoms with Crippen molar-refractivity contribution in [1.29, 1.82) is 0 Å². The zero-order valence-corrected chi connectivity index (χ0v) is 23.6. The molecule has 4 aromatic rings. The topological polar surface area (TPSA) is 275 Å². The van der Waals surface area contributed by atoms with Crippen molar-refractivity contribution in [2.24, 2.45) is 0 Å². The van der Waals surface area contributed by atoms with Gasteiger partial charge in [0.1, 0.15) is 48.1 Å². The monoisotopic (exact) mass is 660 g/mol. The number of nitrogen functional groups attached to an aromatic ring is 2. The van der Waals surface area contributed by atoms with Crippen LogP contribution in [0.15, 0.2) is 25.3 Å². The van der Waals surface area contributed by atoms with E-state index >= 15 is 8.78 Å². The summed E-state index contributed by atoms with van der Waals surface area (Å²) in [5.74, 6) is -0.0643. The van der Waals surface area contributed by atoms with E-state index in [0.717, 1.165) is 34.4 Å². The second-order valence-corrected chi connectivity index (χ2v) is 12.5. The molecule has 0 aromatic carbocycles. The summed E-state index contributed by atoms with van der Waals surface area (Å²) in [6.45, 7) is -2.05. The van der Waals surface area contributed by atoms with Crippen LogP contribution in [0.4, 0.5) is 20.4 Å². The Labute approximate surface area is 243 Å². The van der Waals surface area contributed by atoms with Crippen molar-refractivity contribution < 1.29 is 55.3 Å². The summed E-state index contributed by atoms with van der Waals surface area (Å²) < 4.78 is 90.6. The standard InChI is InChI=1S/C20H22F2N10O10P2/c21-9-7-1-37-43(33,34)41-14-10(22)8(40-20(14)32-6-30-12-16(24)26-4-28-18(12)32)2-38-44(35,36)42-13(9)19(39-7)31-5-29-11-15(23)25-3-27-17(11)31/h3-10,13-14,19-20H,1-2H2,(H,33,34)(H,35,36)(H2,23,25,27)(H2,24,26,28)/p-2/t7-,8-,9-,10-,13-,14-,19-,20?/m1/s1. The number of anilines is 2. The minimum atomic E-state index is -5.43. The normalized spacial score (nSPS) is 38.3. The number of hydrogen-bond donors (Lipinski definition) is 2. The van der Waals surface area contributed by atoms with E-state index in [1.807, 2.05) is 0 Å². The molecule has 10 atom stereocenters. The first-order chi connectivity index (χ1) is 20.9. The van der Waals surface area contributed by atoms with Crippen molar-refractivity contribution in [3.05, 3.63) is 25.3 Å². The Morgan fingerprint density at radius 1 is 0.727 bits per heavy atom. The fourth-order valence-corrected chi connectivity index (χ4v) is 6.95. The first-order valence-corrected chi connectivity index (χ1v) is 15.6. The number of phosphoric acid groups is 2. The number of ether oxygens (including phenoxy) is 2. The lowest BCUT2D eigenvalue weighted by Crippen LogP contribution is -2.36. The van der Waals surface area contributed by atoms with Crippen LogP contribution >= 0.6 is 15.6 Å². The molecule has 0 saturated carbocycles. The van der Waals surface area contributed by atoms with E-state index in [1.165, 1.54) is 0 Å². The number of aromatic nitrogens is 8. The summed E-state index contributed by atoms with van der Waals surface area (Å²) in [4.78, 5) is 49.6. The van der Waals surface area contributed by atoms with Crippen LogP contribution in [0, 0.1) is 0 Å². The van der Waals surface area contributed by atoms with E-state index in [-0.39, 0.29) is 34.0 Å². The van der Waals surface area contributed by atoms with Crippen LogP contribution < -0.4 is 21.3 Å². The lowest BCUT2D eigenvalue weighted by atomic mass is 10.1.